The number of methoxy groups -OCH3 is 1. The molecule has 118 valence electrons. The van der Waals surface area contributed by atoms with Crippen LogP contribution in [0, 0.1) is 0 Å². The third-order valence-electron chi connectivity index (χ3n) is 2.70. The van der Waals surface area contributed by atoms with Crippen LogP contribution in [0.25, 0.3) is 0 Å². The molecule has 0 spiro atoms. The van der Waals surface area contributed by atoms with Crippen LogP contribution in [0.3, 0.4) is 0 Å². The summed E-state index contributed by atoms with van der Waals surface area (Å²) in [7, 11) is 1.62. The van der Waals surface area contributed by atoms with E-state index in [0.717, 1.165) is 12.0 Å². The lowest BCUT2D eigenvalue weighted by molar-refractivity contribution is -0.123. The van der Waals surface area contributed by atoms with Crippen molar-refractivity contribution in [3.63, 3.8) is 0 Å². The summed E-state index contributed by atoms with van der Waals surface area (Å²) in [6.45, 7) is 3.36. The van der Waals surface area contributed by atoms with Crippen LogP contribution in [0.2, 0.25) is 0 Å². The lowest BCUT2D eigenvalue weighted by Gasteiger charge is -2.13. The highest BCUT2D eigenvalue weighted by Crippen LogP contribution is 2.28. The van der Waals surface area contributed by atoms with Crippen LogP contribution in [0.4, 0.5) is 0 Å². The van der Waals surface area contributed by atoms with Crippen LogP contribution >= 0.6 is 0 Å². The van der Waals surface area contributed by atoms with Gasteiger partial charge < -0.3 is 24.6 Å². The largest absolute Gasteiger partial charge is 0.490 e. The second kappa shape index (κ2) is 10.0. The molecule has 1 rings (SSSR count). The van der Waals surface area contributed by atoms with Gasteiger partial charge in [0.15, 0.2) is 18.1 Å². The molecule has 0 bridgehead atoms. The van der Waals surface area contributed by atoms with Crippen molar-refractivity contribution in [1.29, 1.82) is 0 Å². The third kappa shape index (κ3) is 6.46. The molecule has 6 heteroatoms. The van der Waals surface area contributed by atoms with Crippen molar-refractivity contribution in [3.05, 3.63) is 23.8 Å². The fourth-order valence-electron chi connectivity index (χ4n) is 1.68. The minimum absolute atomic E-state index is 0.0691. The van der Waals surface area contributed by atoms with E-state index in [-0.39, 0.29) is 19.1 Å². The van der Waals surface area contributed by atoms with E-state index in [4.69, 9.17) is 19.3 Å². The number of aliphatic hydroxyl groups excluding tert-OH is 1. The first kappa shape index (κ1) is 17.3. The van der Waals surface area contributed by atoms with Crippen LogP contribution < -0.4 is 14.8 Å². The van der Waals surface area contributed by atoms with Crippen LogP contribution in [-0.4, -0.2) is 44.5 Å². The van der Waals surface area contributed by atoms with Gasteiger partial charge in [-0.15, -0.1) is 0 Å². The van der Waals surface area contributed by atoms with Gasteiger partial charge >= 0.3 is 0 Å². The Morgan fingerprint density at radius 3 is 2.76 bits per heavy atom. The molecule has 6 nitrogen and oxygen atoms in total. The van der Waals surface area contributed by atoms with Gasteiger partial charge in [0.2, 0.25) is 0 Å². The molecule has 0 aliphatic rings. The zero-order chi connectivity index (χ0) is 15.5. The van der Waals surface area contributed by atoms with E-state index < -0.39 is 0 Å². The smallest absolute Gasteiger partial charge is 0.257 e. The van der Waals surface area contributed by atoms with Gasteiger partial charge in [-0.2, -0.15) is 0 Å². The highest BCUT2D eigenvalue weighted by atomic mass is 16.5. The summed E-state index contributed by atoms with van der Waals surface area (Å²) in [4.78, 5) is 11.6. The van der Waals surface area contributed by atoms with E-state index >= 15 is 0 Å². The first-order chi connectivity index (χ1) is 10.2. The van der Waals surface area contributed by atoms with Crippen molar-refractivity contribution < 1.29 is 24.1 Å². The summed E-state index contributed by atoms with van der Waals surface area (Å²) in [5.74, 6) is 0.817. The van der Waals surface area contributed by atoms with E-state index in [2.05, 4.69) is 5.32 Å². The molecule has 0 saturated heterocycles. The van der Waals surface area contributed by atoms with Gasteiger partial charge in [-0.1, -0.05) is 6.07 Å². The number of carbonyl (C=O) groups excluding carboxylic acids is 1. The van der Waals surface area contributed by atoms with Gasteiger partial charge in [0, 0.05) is 20.3 Å². The Balaban J connectivity index is 2.48. The predicted octanol–water partition coefficient (Wildman–Crippen LogP) is 1.11. The maximum Gasteiger partial charge on any atom is 0.257 e. The summed E-state index contributed by atoms with van der Waals surface area (Å²) >= 11 is 0. The summed E-state index contributed by atoms with van der Waals surface area (Å²) in [6, 6.07) is 5.12. The van der Waals surface area contributed by atoms with E-state index in [9.17, 15) is 4.79 Å². The standard InChI is InChI=1S/C15H23NO5/c1-3-20-14-9-12(10-17)5-6-13(14)21-11-15(18)16-7-4-8-19-2/h5-6,9,17H,3-4,7-8,10-11H2,1-2H3,(H,16,18). The molecule has 1 aromatic rings. The highest BCUT2D eigenvalue weighted by Gasteiger charge is 2.08. The number of rotatable bonds is 10. The van der Waals surface area contributed by atoms with Gasteiger partial charge in [0.05, 0.1) is 13.2 Å². The first-order valence-electron chi connectivity index (χ1n) is 6.96. The van der Waals surface area contributed by atoms with E-state index in [1.54, 1.807) is 25.3 Å². The van der Waals surface area contributed by atoms with Crippen molar-refractivity contribution in [2.24, 2.45) is 0 Å². The molecule has 0 aromatic heterocycles. The molecular formula is C15H23NO5. The normalized spacial score (nSPS) is 10.2. The number of hydrogen-bond donors (Lipinski definition) is 2. The van der Waals surface area contributed by atoms with E-state index in [0.29, 0.717) is 31.3 Å². The van der Waals surface area contributed by atoms with E-state index in [1.807, 2.05) is 6.92 Å². The Kier molecular flexibility index (Phi) is 8.23. The van der Waals surface area contributed by atoms with Crippen molar-refractivity contribution >= 4 is 5.91 Å². The fourth-order valence-corrected chi connectivity index (χ4v) is 1.68. The molecular weight excluding hydrogens is 274 g/mol. The Labute approximate surface area is 125 Å². The van der Waals surface area contributed by atoms with Gasteiger partial charge in [-0.3, -0.25) is 4.79 Å². The number of benzene rings is 1. The Bertz CT molecular complexity index is 436. The summed E-state index contributed by atoms with van der Waals surface area (Å²) in [6.07, 6.45) is 0.762. The zero-order valence-corrected chi connectivity index (χ0v) is 12.6. The number of ether oxygens (including phenoxy) is 3. The molecule has 0 aliphatic carbocycles. The van der Waals surface area contributed by atoms with Gasteiger partial charge in [0.25, 0.3) is 5.91 Å². The quantitative estimate of drug-likeness (QED) is 0.633. The fraction of sp³-hybridized carbons (Fsp3) is 0.533. The number of aliphatic hydroxyl groups is 1. The number of hydrogen-bond acceptors (Lipinski definition) is 5. The lowest BCUT2D eigenvalue weighted by atomic mass is 10.2. The van der Waals surface area contributed by atoms with Crippen LogP contribution in [0.5, 0.6) is 11.5 Å². The van der Waals surface area contributed by atoms with Gasteiger partial charge in [-0.25, -0.2) is 0 Å². The number of amides is 1. The zero-order valence-electron chi connectivity index (χ0n) is 12.6. The van der Waals surface area contributed by atoms with Crippen molar-refractivity contribution in [1.82, 2.24) is 5.32 Å². The molecule has 2 N–H and O–H groups in total. The van der Waals surface area contributed by atoms with Crippen molar-refractivity contribution in [2.45, 2.75) is 20.0 Å². The minimum Gasteiger partial charge on any atom is -0.490 e. The first-order valence-corrected chi connectivity index (χ1v) is 6.96. The lowest BCUT2D eigenvalue weighted by Crippen LogP contribution is -2.30. The summed E-state index contributed by atoms with van der Waals surface area (Å²) in [5, 5.41) is 11.8. The number of carbonyl (C=O) groups is 1. The predicted molar refractivity (Wildman–Crippen MR) is 78.5 cm³/mol. The maximum atomic E-state index is 11.6. The molecule has 1 amide bonds. The van der Waals surface area contributed by atoms with Crippen LogP contribution in [-0.2, 0) is 16.1 Å². The molecule has 21 heavy (non-hydrogen) atoms. The van der Waals surface area contributed by atoms with Crippen LogP contribution in [0.15, 0.2) is 18.2 Å². The minimum atomic E-state index is -0.195. The van der Waals surface area contributed by atoms with E-state index in [1.165, 1.54) is 0 Å². The molecule has 0 aliphatic heterocycles. The topological polar surface area (TPSA) is 77.0 Å². The Morgan fingerprint density at radius 2 is 2.10 bits per heavy atom. The Morgan fingerprint density at radius 1 is 1.29 bits per heavy atom. The molecule has 0 saturated carbocycles. The third-order valence-corrected chi connectivity index (χ3v) is 2.70. The van der Waals surface area contributed by atoms with Crippen molar-refractivity contribution in [2.75, 3.05) is 33.5 Å². The summed E-state index contributed by atoms with van der Waals surface area (Å²) < 4.78 is 15.8. The molecule has 0 fully saturated rings. The average molecular weight is 297 g/mol. The number of nitrogens with one attached hydrogen (secondary N) is 1. The molecule has 0 radical (unpaired) electrons. The SMILES string of the molecule is CCOc1cc(CO)ccc1OCC(=O)NCCCOC. The molecule has 0 unspecified atom stereocenters. The maximum absolute atomic E-state index is 11.6. The second-order valence-corrected chi connectivity index (χ2v) is 4.36. The summed E-state index contributed by atoms with van der Waals surface area (Å²) in [5.41, 5.74) is 0.731. The van der Waals surface area contributed by atoms with Gasteiger partial charge in [0.1, 0.15) is 0 Å². The average Bonchev–Trinajstić information content (AvgIpc) is 2.50. The Hall–Kier alpha value is -1.79. The highest BCUT2D eigenvalue weighted by molar-refractivity contribution is 5.77. The molecule has 1 aromatic carbocycles. The molecule has 0 heterocycles. The monoisotopic (exact) mass is 297 g/mol. The second-order valence-electron chi connectivity index (χ2n) is 4.36. The van der Waals surface area contributed by atoms with Gasteiger partial charge in [-0.05, 0) is 31.0 Å². The van der Waals surface area contributed by atoms with Crippen molar-refractivity contribution in [3.8, 4) is 11.5 Å². The molecule has 0 atom stereocenters. The van der Waals surface area contributed by atoms with Crippen LogP contribution in [0.1, 0.15) is 18.9 Å².